The van der Waals surface area contributed by atoms with Crippen LogP contribution in [0.3, 0.4) is 0 Å². The number of aryl methyl sites for hydroxylation is 2. The summed E-state index contributed by atoms with van der Waals surface area (Å²) < 4.78 is 14.6. The van der Waals surface area contributed by atoms with Crippen LogP contribution in [0, 0.1) is 19.7 Å². The molecule has 0 saturated carbocycles. The first kappa shape index (κ1) is 21.6. The van der Waals surface area contributed by atoms with Gasteiger partial charge in [0.25, 0.3) is 5.56 Å². The smallest absolute Gasteiger partial charge is 0.265 e. The normalized spacial score (nSPS) is 10.8. The van der Waals surface area contributed by atoms with E-state index in [0.717, 1.165) is 28.6 Å². The van der Waals surface area contributed by atoms with Gasteiger partial charge in [0.05, 0.1) is 17.0 Å². The zero-order valence-electron chi connectivity index (χ0n) is 16.9. The van der Waals surface area contributed by atoms with Gasteiger partial charge in [-0.2, -0.15) is 4.98 Å². The summed E-state index contributed by atoms with van der Waals surface area (Å²) in [5, 5.41) is 13.2. The van der Waals surface area contributed by atoms with Crippen molar-refractivity contribution in [3.63, 3.8) is 0 Å². The maximum Gasteiger partial charge on any atom is 0.265 e. The molecule has 6 nitrogen and oxygen atoms in total. The van der Waals surface area contributed by atoms with E-state index in [1.54, 1.807) is 6.92 Å². The summed E-state index contributed by atoms with van der Waals surface area (Å²) in [6.45, 7) is 5.55. The van der Waals surface area contributed by atoms with Crippen molar-refractivity contribution in [3.05, 3.63) is 75.3 Å². The molecular formula is C22H22FN3O3S. The van der Waals surface area contributed by atoms with Crippen LogP contribution in [0.15, 0.2) is 52.4 Å². The SMILES string of the molecule is CCc1c(O)nc(SCC(=O)Nc2c(C)cccc2C)n(-c2ccc(F)cc2)c1=O. The molecule has 0 radical (unpaired) electrons. The van der Waals surface area contributed by atoms with Gasteiger partial charge in [0.15, 0.2) is 5.16 Å². The molecule has 8 heteroatoms. The highest BCUT2D eigenvalue weighted by Gasteiger charge is 2.18. The van der Waals surface area contributed by atoms with Crippen LogP contribution in [0.4, 0.5) is 10.1 Å². The van der Waals surface area contributed by atoms with Crippen molar-refractivity contribution in [1.82, 2.24) is 9.55 Å². The monoisotopic (exact) mass is 427 g/mol. The Labute approximate surface area is 177 Å². The Bertz CT molecular complexity index is 1120. The fourth-order valence-electron chi connectivity index (χ4n) is 3.07. The number of aromatic nitrogens is 2. The minimum atomic E-state index is -0.450. The average Bonchev–Trinajstić information content (AvgIpc) is 2.70. The molecule has 0 aliphatic rings. The standard InChI is InChI=1S/C22H22FN3O3S/c1-4-17-20(28)25-22(26(21(17)29)16-10-8-15(23)9-11-16)30-12-18(27)24-19-13(2)6-5-7-14(19)3/h5-11,28H,4,12H2,1-3H3,(H,24,27). The van der Waals surface area contributed by atoms with Crippen LogP contribution in [0.1, 0.15) is 23.6 Å². The topological polar surface area (TPSA) is 84.2 Å². The molecule has 0 atom stereocenters. The number of nitrogens with one attached hydrogen (secondary N) is 1. The molecule has 0 aliphatic carbocycles. The average molecular weight is 428 g/mol. The van der Waals surface area contributed by atoms with Crippen LogP contribution in [-0.2, 0) is 11.2 Å². The number of hydrogen-bond acceptors (Lipinski definition) is 5. The van der Waals surface area contributed by atoms with Crippen molar-refractivity contribution in [2.45, 2.75) is 32.3 Å². The molecule has 1 amide bonds. The number of thioether (sulfide) groups is 1. The lowest BCUT2D eigenvalue weighted by Crippen LogP contribution is -2.25. The highest BCUT2D eigenvalue weighted by atomic mass is 32.2. The number of aromatic hydroxyl groups is 1. The lowest BCUT2D eigenvalue weighted by atomic mass is 10.1. The minimum absolute atomic E-state index is 0.0215. The second-order valence-electron chi connectivity index (χ2n) is 6.77. The number of anilines is 1. The third kappa shape index (κ3) is 4.54. The summed E-state index contributed by atoms with van der Waals surface area (Å²) in [5.74, 6) is -1.09. The molecule has 2 N–H and O–H groups in total. The van der Waals surface area contributed by atoms with E-state index in [-0.39, 0.29) is 34.7 Å². The van der Waals surface area contributed by atoms with E-state index in [0.29, 0.717) is 5.69 Å². The second-order valence-corrected chi connectivity index (χ2v) is 7.71. The molecule has 0 fully saturated rings. The molecule has 0 unspecified atom stereocenters. The molecule has 1 heterocycles. The van der Waals surface area contributed by atoms with Crippen LogP contribution in [-0.4, -0.2) is 26.3 Å². The van der Waals surface area contributed by atoms with Gasteiger partial charge in [-0.1, -0.05) is 36.9 Å². The van der Waals surface area contributed by atoms with E-state index < -0.39 is 11.4 Å². The predicted octanol–water partition coefficient (Wildman–Crippen LogP) is 3.99. The van der Waals surface area contributed by atoms with Gasteiger partial charge in [-0.05, 0) is 55.7 Å². The Balaban J connectivity index is 1.91. The molecule has 0 spiro atoms. The third-order valence-electron chi connectivity index (χ3n) is 4.64. The lowest BCUT2D eigenvalue weighted by Gasteiger charge is -2.15. The van der Waals surface area contributed by atoms with Gasteiger partial charge < -0.3 is 10.4 Å². The minimum Gasteiger partial charge on any atom is -0.493 e. The Morgan fingerprint density at radius 2 is 1.80 bits per heavy atom. The second kappa shape index (κ2) is 9.13. The quantitative estimate of drug-likeness (QED) is 0.459. The number of halogens is 1. The molecule has 30 heavy (non-hydrogen) atoms. The molecule has 3 aromatic rings. The number of nitrogens with zero attached hydrogens (tertiary/aromatic N) is 2. The van der Waals surface area contributed by atoms with Gasteiger partial charge in [-0.25, -0.2) is 4.39 Å². The highest BCUT2D eigenvalue weighted by molar-refractivity contribution is 7.99. The van der Waals surface area contributed by atoms with Crippen LogP contribution < -0.4 is 10.9 Å². The van der Waals surface area contributed by atoms with Crippen LogP contribution >= 0.6 is 11.8 Å². The largest absolute Gasteiger partial charge is 0.493 e. The molecule has 156 valence electrons. The fourth-order valence-corrected chi connectivity index (χ4v) is 3.87. The first-order valence-electron chi connectivity index (χ1n) is 9.41. The number of amides is 1. The van der Waals surface area contributed by atoms with Gasteiger partial charge in [0, 0.05) is 5.69 Å². The summed E-state index contributed by atoms with van der Waals surface area (Å²) in [6, 6.07) is 11.1. The molecular weight excluding hydrogens is 405 g/mol. The van der Waals surface area contributed by atoms with E-state index in [2.05, 4.69) is 10.3 Å². The van der Waals surface area contributed by atoms with Crippen molar-refractivity contribution in [2.24, 2.45) is 0 Å². The number of para-hydroxylation sites is 1. The number of hydrogen-bond donors (Lipinski definition) is 2. The molecule has 2 aromatic carbocycles. The molecule has 0 aliphatic heterocycles. The molecule has 0 bridgehead atoms. The number of benzene rings is 2. The maximum absolute atomic E-state index is 13.3. The summed E-state index contributed by atoms with van der Waals surface area (Å²) in [4.78, 5) is 29.5. The summed E-state index contributed by atoms with van der Waals surface area (Å²) in [7, 11) is 0. The van der Waals surface area contributed by atoms with Crippen LogP contribution in [0.5, 0.6) is 5.88 Å². The lowest BCUT2D eigenvalue weighted by molar-refractivity contribution is -0.113. The first-order valence-corrected chi connectivity index (χ1v) is 10.4. The van der Waals surface area contributed by atoms with Crippen LogP contribution in [0.2, 0.25) is 0 Å². The first-order chi connectivity index (χ1) is 14.3. The van der Waals surface area contributed by atoms with E-state index in [1.807, 2.05) is 32.0 Å². The number of carbonyl (C=O) groups excluding carboxylic acids is 1. The number of carbonyl (C=O) groups is 1. The Morgan fingerprint density at radius 3 is 2.40 bits per heavy atom. The van der Waals surface area contributed by atoms with Crippen LogP contribution in [0.25, 0.3) is 5.69 Å². The van der Waals surface area contributed by atoms with Gasteiger partial charge in [0.1, 0.15) is 5.82 Å². The van der Waals surface area contributed by atoms with Gasteiger partial charge in [-0.15, -0.1) is 0 Å². The van der Waals surface area contributed by atoms with Crippen molar-refractivity contribution in [2.75, 3.05) is 11.1 Å². The molecule has 1 aromatic heterocycles. The van der Waals surface area contributed by atoms with E-state index in [4.69, 9.17) is 0 Å². The predicted molar refractivity (Wildman–Crippen MR) is 116 cm³/mol. The molecule has 0 saturated heterocycles. The third-order valence-corrected chi connectivity index (χ3v) is 5.58. The van der Waals surface area contributed by atoms with Crippen molar-refractivity contribution in [3.8, 4) is 11.6 Å². The molecule has 3 rings (SSSR count). The van der Waals surface area contributed by atoms with Crippen molar-refractivity contribution < 1.29 is 14.3 Å². The van der Waals surface area contributed by atoms with Crippen molar-refractivity contribution in [1.29, 1.82) is 0 Å². The Morgan fingerprint density at radius 1 is 1.17 bits per heavy atom. The summed E-state index contributed by atoms with van der Waals surface area (Å²) in [5.41, 5.74) is 2.75. The summed E-state index contributed by atoms with van der Waals surface area (Å²) in [6.07, 6.45) is 0.289. The zero-order chi connectivity index (χ0) is 21.8. The summed E-state index contributed by atoms with van der Waals surface area (Å²) >= 11 is 1.02. The van der Waals surface area contributed by atoms with Gasteiger partial charge in [-0.3, -0.25) is 14.2 Å². The number of rotatable bonds is 6. The zero-order valence-corrected chi connectivity index (χ0v) is 17.7. The fraction of sp³-hybridized carbons (Fsp3) is 0.227. The Hall–Kier alpha value is -3.13. The maximum atomic E-state index is 13.3. The highest BCUT2D eigenvalue weighted by Crippen LogP contribution is 2.24. The van der Waals surface area contributed by atoms with E-state index >= 15 is 0 Å². The van der Waals surface area contributed by atoms with Gasteiger partial charge in [0.2, 0.25) is 11.8 Å². The van der Waals surface area contributed by atoms with E-state index in [1.165, 1.54) is 28.8 Å². The Kier molecular flexibility index (Phi) is 6.56. The van der Waals surface area contributed by atoms with Crippen molar-refractivity contribution >= 4 is 23.4 Å². The van der Waals surface area contributed by atoms with E-state index in [9.17, 15) is 19.1 Å². The van der Waals surface area contributed by atoms with Gasteiger partial charge >= 0.3 is 0 Å².